The van der Waals surface area contributed by atoms with E-state index in [1.165, 1.54) is 76.9 Å². The Balaban J connectivity index is 1.16. The molecule has 0 aromatic heterocycles. The first-order valence-electron chi connectivity index (χ1n) is 11.9. The summed E-state index contributed by atoms with van der Waals surface area (Å²) in [6.07, 6.45) is 6.92. The van der Waals surface area contributed by atoms with Crippen LogP contribution in [-0.4, -0.2) is 79.7 Å². The fraction of sp³-hybridized carbons (Fsp3) is 0.760. The number of hydrogen-bond donors (Lipinski definition) is 0. The minimum atomic E-state index is 0.300. The number of fused-ring (bicyclic) bond motifs is 1. The number of benzene rings is 1. The molecule has 0 radical (unpaired) electrons. The predicted octanol–water partition coefficient (Wildman–Crippen LogP) is 3.64. The first kappa shape index (κ1) is 20.0. The van der Waals surface area contributed by atoms with E-state index >= 15 is 0 Å². The van der Waals surface area contributed by atoms with Crippen LogP contribution >= 0.6 is 0 Å². The Kier molecular flexibility index (Phi) is 5.72. The largest absolute Gasteiger partial charge is 0.373 e. The van der Waals surface area contributed by atoms with E-state index < -0.39 is 0 Å². The molecule has 1 aromatic carbocycles. The molecule has 4 aliphatic rings. The molecule has 3 saturated heterocycles. The summed E-state index contributed by atoms with van der Waals surface area (Å²) >= 11 is 0. The lowest BCUT2D eigenvalue weighted by Crippen LogP contribution is -2.54. The van der Waals surface area contributed by atoms with Gasteiger partial charge in [-0.05, 0) is 69.1 Å². The van der Waals surface area contributed by atoms with Gasteiger partial charge in [0.25, 0.3) is 0 Å². The van der Waals surface area contributed by atoms with Gasteiger partial charge in [-0.1, -0.05) is 37.3 Å². The van der Waals surface area contributed by atoms with Crippen LogP contribution in [0.15, 0.2) is 30.3 Å². The Morgan fingerprint density at radius 2 is 1.52 bits per heavy atom. The Hall–Kier alpha value is -0.940. The maximum Gasteiger partial charge on any atom is 0.0828 e. The number of nitrogens with zero attached hydrogens (tertiary/aromatic N) is 3. The van der Waals surface area contributed by atoms with Crippen molar-refractivity contribution < 1.29 is 4.74 Å². The highest BCUT2D eigenvalue weighted by molar-refractivity contribution is 5.19. The van der Waals surface area contributed by atoms with Crippen molar-refractivity contribution in [2.45, 2.75) is 57.2 Å². The molecule has 4 atom stereocenters. The van der Waals surface area contributed by atoms with Crippen molar-refractivity contribution in [1.29, 1.82) is 0 Å². The van der Waals surface area contributed by atoms with Gasteiger partial charge in [0.15, 0.2) is 0 Å². The summed E-state index contributed by atoms with van der Waals surface area (Å²) in [6, 6.07) is 12.5. The molecule has 5 rings (SSSR count). The normalized spacial score (nSPS) is 38.2. The summed E-state index contributed by atoms with van der Waals surface area (Å²) in [5.74, 6) is 0.804. The van der Waals surface area contributed by atoms with Crippen molar-refractivity contribution in [1.82, 2.24) is 14.7 Å². The van der Waals surface area contributed by atoms with Crippen LogP contribution in [0.4, 0.5) is 0 Å². The second kappa shape index (κ2) is 8.30. The van der Waals surface area contributed by atoms with Gasteiger partial charge in [0.1, 0.15) is 0 Å². The van der Waals surface area contributed by atoms with Gasteiger partial charge in [-0.25, -0.2) is 0 Å². The topological polar surface area (TPSA) is 19.0 Å². The van der Waals surface area contributed by atoms with Crippen molar-refractivity contribution >= 4 is 0 Å². The zero-order valence-corrected chi connectivity index (χ0v) is 18.4. The zero-order valence-electron chi connectivity index (χ0n) is 18.4. The molecule has 1 saturated carbocycles. The van der Waals surface area contributed by atoms with E-state index in [-0.39, 0.29) is 0 Å². The van der Waals surface area contributed by atoms with Gasteiger partial charge in [0, 0.05) is 38.3 Å². The van der Waals surface area contributed by atoms with Gasteiger partial charge < -0.3 is 9.64 Å². The lowest BCUT2D eigenvalue weighted by molar-refractivity contribution is -0.0820. The van der Waals surface area contributed by atoms with Crippen LogP contribution in [0.2, 0.25) is 0 Å². The van der Waals surface area contributed by atoms with Crippen LogP contribution in [0.1, 0.15) is 50.7 Å². The summed E-state index contributed by atoms with van der Waals surface area (Å²) in [7, 11) is 2.26. The van der Waals surface area contributed by atoms with E-state index in [9.17, 15) is 0 Å². The van der Waals surface area contributed by atoms with Gasteiger partial charge in [-0.2, -0.15) is 0 Å². The monoisotopic (exact) mass is 397 g/mol. The fourth-order valence-electron chi connectivity index (χ4n) is 6.58. The number of rotatable bonds is 3. The van der Waals surface area contributed by atoms with E-state index in [0.717, 1.165) is 24.6 Å². The molecule has 3 aliphatic heterocycles. The second-order valence-electron chi connectivity index (χ2n) is 10.5. The average Bonchev–Trinajstić information content (AvgIpc) is 3.11. The molecule has 4 nitrogen and oxygen atoms in total. The Morgan fingerprint density at radius 1 is 0.862 bits per heavy atom. The third kappa shape index (κ3) is 4.14. The van der Waals surface area contributed by atoms with Crippen molar-refractivity contribution in [2.75, 3.05) is 52.9 Å². The molecule has 0 unspecified atom stereocenters. The average molecular weight is 398 g/mol. The van der Waals surface area contributed by atoms with Crippen LogP contribution in [-0.2, 0) is 4.74 Å². The maximum atomic E-state index is 6.39. The SMILES string of the molecule is CN1CCC(N2CCN([C@@H]3C[C@H]4C[C@@H](c5ccccc5)OC[C@@]4(C)C3)CC2)CC1. The molecule has 4 heteroatoms. The zero-order chi connectivity index (χ0) is 19.8. The highest BCUT2D eigenvalue weighted by Crippen LogP contribution is 2.53. The summed E-state index contributed by atoms with van der Waals surface area (Å²) in [4.78, 5) is 8.10. The van der Waals surface area contributed by atoms with Crippen molar-refractivity contribution in [3.05, 3.63) is 35.9 Å². The molecule has 29 heavy (non-hydrogen) atoms. The second-order valence-corrected chi connectivity index (χ2v) is 10.5. The van der Waals surface area contributed by atoms with Crippen LogP contribution < -0.4 is 0 Å². The summed E-state index contributed by atoms with van der Waals surface area (Å²) in [5, 5.41) is 0. The molecular weight excluding hydrogens is 358 g/mol. The van der Waals surface area contributed by atoms with Gasteiger partial charge in [-0.15, -0.1) is 0 Å². The number of piperidine rings is 1. The highest BCUT2D eigenvalue weighted by Gasteiger charge is 2.49. The standard InChI is InChI=1S/C25H39N3O/c1-25-18-23(16-21(25)17-24(29-19-25)20-6-4-3-5-7-20)28-14-12-27(13-15-28)22-8-10-26(2)11-9-22/h3-7,21-24H,8-19H2,1-2H3/t21-,23+,24-,25+/m0/s1. The third-order valence-electron chi connectivity index (χ3n) is 8.60. The molecule has 1 aromatic rings. The quantitative estimate of drug-likeness (QED) is 0.775. The number of piperazine rings is 1. The first-order valence-corrected chi connectivity index (χ1v) is 11.9. The van der Waals surface area contributed by atoms with Gasteiger partial charge >= 0.3 is 0 Å². The van der Waals surface area contributed by atoms with E-state index in [0.29, 0.717) is 11.5 Å². The number of hydrogen-bond acceptors (Lipinski definition) is 4. The van der Waals surface area contributed by atoms with Crippen molar-refractivity contribution in [3.63, 3.8) is 0 Å². The Bertz CT molecular complexity index is 666. The van der Waals surface area contributed by atoms with Crippen LogP contribution in [0.25, 0.3) is 0 Å². The molecule has 0 bridgehead atoms. The molecule has 160 valence electrons. The third-order valence-corrected chi connectivity index (χ3v) is 8.60. The molecule has 3 heterocycles. The summed E-state index contributed by atoms with van der Waals surface area (Å²) in [5.41, 5.74) is 1.74. The lowest BCUT2D eigenvalue weighted by atomic mass is 9.75. The maximum absolute atomic E-state index is 6.39. The van der Waals surface area contributed by atoms with E-state index in [1.54, 1.807) is 0 Å². The van der Waals surface area contributed by atoms with Gasteiger partial charge in [0.2, 0.25) is 0 Å². The van der Waals surface area contributed by atoms with Crippen molar-refractivity contribution in [2.24, 2.45) is 11.3 Å². The number of likely N-dealkylation sites (tertiary alicyclic amines) is 1. The molecule has 0 spiro atoms. The van der Waals surface area contributed by atoms with E-state index in [1.807, 2.05) is 0 Å². The Morgan fingerprint density at radius 3 is 2.21 bits per heavy atom. The fourth-order valence-corrected chi connectivity index (χ4v) is 6.58. The first-order chi connectivity index (χ1) is 14.1. The van der Waals surface area contributed by atoms with E-state index in [4.69, 9.17) is 4.74 Å². The smallest absolute Gasteiger partial charge is 0.0828 e. The van der Waals surface area contributed by atoms with E-state index in [2.05, 4.69) is 59.0 Å². The molecule has 4 fully saturated rings. The minimum absolute atomic E-state index is 0.300. The predicted molar refractivity (Wildman–Crippen MR) is 118 cm³/mol. The number of ether oxygens (including phenoxy) is 1. The molecule has 0 N–H and O–H groups in total. The summed E-state index contributed by atoms with van der Waals surface area (Å²) in [6.45, 7) is 11.1. The van der Waals surface area contributed by atoms with Crippen LogP contribution in [0.3, 0.4) is 0 Å². The summed E-state index contributed by atoms with van der Waals surface area (Å²) < 4.78 is 6.39. The molecule has 0 amide bonds. The molecule has 1 aliphatic carbocycles. The van der Waals surface area contributed by atoms with Crippen LogP contribution in [0, 0.1) is 11.3 Å². The highest BCUT2D eigenvalue weighted by atomic mass is 16.5. The van der Waals surface area contributed by atoms with Gasteiger partial charge in [0.05, 0.1) is 12.7 Å². The lowest BCUT2D eigenvalue weighted by Gasteiger charge is -2.44. The Labute approximate surface area is 177 Å². The van der Waals surface area contributed by atoms with Crippen LogP contribution in [0.5, 0.6) is 0 Å². The van der Waals surface area contributed by atoms with Crippen molar-refractivity contribution in [3.8, 4) is 0 Å². The van der Waals surface area contributed by atoms with Gasteiger partial charge in [-0.3, -0.25) is 9.80 Å². The minimum Gasteiger partial charge on any atom is -0.373 e. The molecular formula is C25H39N3O.